The van der Waals surface area contributed by atoms with E-state index in [1.165, 1.54) is 41.1 Å². The van der Waals surface area contributed by atoms with Crippen molar-refractivity contribution in [1.29, 1.82) is 0 Å². The Bertz CT molecular complexity index is 2710. The number of aromatic amines is 1. The highest BCUT2D eigenvalue weighted by molar-refractivity contribution is 7.90. The standard InChI is InChI=1S/C47H49ClN6O8S/c1-47(2)17-13-35(42(29-47)32-5-8-36(48)9-6-32)31-52-19-21-53(22-20-52)37-10-12-41(44(27-37)62-39-26-34-14-18-49-45(34)50-30-39)46(55)51-63(58,59)40-11-7-33(43(28-40)54(56)57)4-3-23-61-38-15-24-60-25-16-38/h5-12,14,18,26-28,30,38H,13,15-17,19-25,29,31H2,1-2H3,(H,49,50)(H,51,55). The Hall–Kier alpha value is -5.76. The zero-order chi connectivity index (χ0) is 44.1. The minimum Gasteiger partial charge on any atom is -0.455 e. The van der Waals surface area contributed by atoms with Crippen molar-refractivity contribution in [3.63, 3.8) is 0 Å². The van der Waals surface area contributed by atoms with Gasteiger partial charge in [-0.25, -0.2) is 18.1 Å². The first-order valence-electron chi connectivity index (χ1n) is 21.0. The van der Waals surface area contributed by atoms with E-state index in [1.807, 2.05) is 18.2 Å². The molecule has 0 spiro atoms. The second-order valence-corrected chi connectivity index (χ2v) is 19.0. The summed E-state index contributed by atoms with van der Waals surface area (Å²) < 4.78 is 46.8. The number of carbonyl (C=O) groups is 1. The van der Waals surface area contributed by atoms with Crippen LogP contribution in [0.2, 0.25) is 5.02 Å². The molecule has 1 aliphatic carbocycles. The number of nitro groups is 1. The largest absolute Gasteiger partial charge is 0.455 e. The second-order valence-electron chi connectivity index (χ2n) is 16.9. The van der Waals surface area contributed by atoms with Crippen LogP contribution < -0.4 is 14.4 Å². The topological polar surface area (TPSA) is 169 Å². The first-order valence-corrected chi connectivity index (χ1v) is 22.9. The van der Waals surface area contributed by atoms with Crippen molar-refractivity contribution in [2.24, 2.45) is 5.41 Å². The molecule has 1 amide bonds. The van der Waals surface area contributed by atoms with Crippen LogP contribution in [0.3, 0.4) is 0 Å². The number of rotatable bonds is 12. The van der Waals surface area contributed by atoms with Gasteiger partial charge in [-0.1, -0.05) is 55.0 Å². The van der Waals surface area contributed by atoms with E-state index in [4.69, 9.17) is 25.8 Å². The molecule has 2 aromatic heterocycles. The minimum absolute atomic E-state index is 0.00457. The highest BCUT2D eigenvalue weighted by Crippen LogP contribution is 2.43. The van der Waals surface area contributed by atoms with Crippen molar-refractivity contribution in [3.8, 4) is 23.3 Å². The summed E-state index contributed by atoms with van der Waals surface area (Å²) in [5.41, 5.74) is 5.20. The minimum atomic E-state index is -4.60. The summed E-state index contributed by atoms with van der Waals surface area (Å²) in [7, 11) is -4.60. The fraction of sp³-hybridized carbons (Fsp3) is 0.362. The molecule has 8 rings (SSSR count). The average molecular weight is 893 g/mol. The number of hydrogen-bond acceptors (Lipinski definition) is 11. The van der Waals surface area contributed by atoms with Crippen LogP contribution in [0.25, 0.3) is 16.6 Å². The zero-order valence-corrected chi connectivity index (χ0v) is 36.8. The number of benzene rings is 3. The molecule has 63 heavy (non-hydrogen) atoms. The number of H-pyrrole nitrogens is 1. The fourth-order valence-corrected chi connectivity index (χ4v) is 9.40. The molecule has 2 saturated heterocycles. The molecule has 3 aromatic carbocycles. The number of piperazine rings is 1. The summed E-state index contributed by atoms with van der Waals surface area (Å²) in [5.74, 6) is 4.97. The number of fused-ring (bicyclic) bond motifs is 1. The van der Waals surface area contributed by atoms with Crippen molar-refractivity contribution in [2.45, 2.75) is 57.0 Å². The van der Waals surface area contributed by atoms with E-state index in [9.17, 15) is 23.3 Å². The van der Waals surface area contributed by atoms with Gasteiger partial charge >= 0.3 is 0 Å². The molecule has 4 heterocycles. The lowest BCUT2D eigenvalue weighted by atomic mass is 9.72. The Kier molecular flexibility index (Phi) is 13.2. The lowest BCUT2D eigenvalue weighted by molar-refractivity contribution is -0.385. The third kappa shape index (κ3) is 10.7. The first-order chi connectivity index (χ1) is 30.3. The maximum absolute atomic E-state index is 13.9. The van der Waals surface area contributed by atoms with Gasteiger partial charge in [0.2, 0.25) is 0 Å². The lowest BCUT2D eigenvalue weighted by Gasteiger charge is -2.39. The van der Waals surface area contributed by atoms with E-state index in [0.29, 0.717) is 37.7 Å². The van der Waals surface area contributed by atoms with Crippen LogP contribution in [0.5, 0.6) is 11.5 Å². The Labute approximate surface area is 371 Å². The smallest absolute Gasteiger partial charge is 0.286 e. The van der Waals surface area contributed by atoms with E-state index >= 15 is 0 Å². The monoisotopic (exact) mass is 892 g/mol. The number of anilines is 1. The van der Waals surface area contributed by atoms with Crippen LogP contribution in [-0.2, 0) is 19.5 Å². The van der Waals surface area contributed by atoms with E-state index < -0.39 is 31.4 Å². The molecule has 5 aromatic rings. The molecule has 2 aliphatic heterocycles. The molecule has 2 fully saturated rings. The second kappa shape index (κ2) is 18.9. The van der Waals surface area contributed by atoms with Gasteiger partial charge in [-0.3, -0.25) is 19.8 Å². The number of aromatic nitrogens is 2. The van der Waals surface area contributed by atoms with Crippen LogP contribution in [0.1, 0.15) is 67.4 Å². The summed E-state index contributed by atoms with van der Waals surface area (Å²) in [5, 5.41) is 13.6. The molecular weight excluding hydrogens is 844 g/mol. The quantitative estimate of drug-likeness (QED) is 0.0701. The van der Waals surface area contributed by atoms with Crippen molar-refractivity contribution in [2.75, 3.05) is 57.4 Å². The van der Waals surface area contributed by atoms with Crippen LogP contribution in [-0.4, -0.2) is 92.8 Å². The Morgan fingerprint density at radius 3 is 2.59 bits per heavy atom. The molecule has 0 bridgehead atoms. The van der Waals surface area contributed by atoms with Gasteiger partial charge in [0.15, 0.2) is 0 Å². The summed E-state index contributed by atoms with van der Waals surface area (Å²) in [6, 6.07) is 20.1. The van der Waals surface area contributed by atoms with E-state index in [1.54, 1.807) is 24.4 Å². The van der Waals surface area contributed by atoms with Crippen LogP contribution in [0.15, 0.2) is 95.7 Å². The highest BCUT2D eigenvalue weighted by Gasteiger charge is 2.30. The molecule has 0 saturated carbocycles. The van der Waals surface area contributed by atoms with E-state index in [-0.39, 0.29) is 35.0 Å². The predicted octanol–water partition coefficient (Wildman–Crippen LogP) is 8.37. The predicted molar refractivity (Wildman–Crippen MR) is 242 cm³/mol. The molecular formula is C47H49ClN6O8S. The molecule has 14 nitrogen and oxygen atoms in total. The first kappa shape index (κ1) is 43.9. The fourth-order valence-electron chi connectivity index (χ4n) is 8.28. The average Bonchev–Trinajstić information content (AvgIpc) is 3.74. The molecule has 0 radical (unpaired) electrons. The van der Waals surface area contributed by atoms with Gasteiger partial charge in [-0.2, -0.15) is 0 Å². The number of allylic oxidation sites excluding steroid dienone is 1. The summed E-state index contributed by atoms with van der Waals surface area (Å²) in [6.45, 7) is 9.84. The number of nitrogens with one attached hydrogen (secondary N) is 2. The van der Waals surface area contributed by atoms with E-state index in [2.05, 4.69) is 62.3 Å². The van der Waals surface area contributed by atoms with Gasteiger partial charge in [0.25, 0.3) is 21.6 Å². The molecule has 16 heteroatoms. The Morgan fingerprint density at radius 2 is 1.83 bits per heavy atom. The number of hydrogen-bond donors (Lipinski definition) is 2. The molecule has 0 atom stereocenters. The van der Waals surface area contributed by atoms with Crippen molar-refractivity contribution >= 4 is 55.5 Å². The Balaban J connectivity index is 0.995. The number of sulfonamides is 1. The third-order valence-corrected chi connectivity index (χ3v) is 13.4. The summed E-state index contributed by atoms with van der Waals surface area (Å²) >= 11 is 6.24. The van der Waals surface area contributed by atoms with Crippen LogP contribution in [0, 0.1) is 27.4 Å². The number of carbonyl (C=O) groups excluding carboxylic acids is 1. The van der Waals surface area contributed by atoms with Gasteiger partial charge in [0.1, 0.15) is 29.3 Å². The SMILES string of the molecule is CC1(C)CCC(CN2CCN(c3ccc(C(=O)NS(=O)(=O)c4ccc(C#CCOC5CCOCC5)c([N+](=O)[O-])c4)c(Oc4cnc5[nH]ccc5c4)c3)CC2)=C(c2ccc(Cl)cc2)C1. The van der Waals surface area contributed by atoms with Crippen molar-refractivity contribution in [3.05, 3.63) is 123 Å². The maximum atomic E-state index is 13.9. The number of nitro benzene ring substituents is 1. The van der Waals surface area contributed by atoms with Crippen LogP contribution in [0.4, 0.5) is 11.4 Å². The molecule has 2 N–H and O–H groups in total. The third-order valence-electron chi connectivity index (χ3n) is 11.8. The Morgan fingerprint density at radius 1 is 1.05 bits per heavy atom. The van der Waals surface area contributed by atoms with Gasteiger partial charge in [-0.05, 0) is 97.2 Å². The number of ether oxygens (including phenoxy) is 3. The van der Waals surface area contributed by atoms with Crippen molar-refractivity contribution < 1.29 is 32.3 Å². The van der Waals surface area contributed by atoms with Gasteiger partial charge in [0.05, 0.1) is 27.7 Å². The lowest BCUT2D eigenvalue weighted by Crippen LogP contribution is -2.47. The number of amides is 1. The molecule has 3 aliphatic rings. The van der Waals surface area contributed by atoms with Gasteiger partial charge in [-0.15, -0.1) is 0 Å². The summed E-state index contributed by atoms with van der Waals surface area (Å²) in [6.07, 6.45) is 7.92. The molecule has 328 valence electrons. The highest BCUT2D eigenvalue weighted by atomic mass is 35.5. The van der Waals surface area contributed by atoms with Gasteiger partial charge in [0, 0.05) is 80.4 Å². The number of halogens is 1. The number of nitrogens with zero attached hydrogens (tertiary/aromatic N) is 4. The summed E-state index contributed by atoms with van der Waals surface area (Å²) in [4.78, 5) is 36.9. The van der Waals surface area contributed by atoms with Crippen molar-refractivity contribution in [1.82, 2.24) is 19.6 Å². The normalized spacial score (nSPS) is 17.3. The van der Waals surface area contributed by atoms with E-state index in [0.717, 1.165) is 73.9 Å². The maximum Gasteiger partial charge on any atom is 0.286 e. The van der Waals surface area contributed by atoms with Crippen LogP contribution >= 0.6 is 11.6 Å². The zero-order valence-electron chi connectivity index (χ0n) is 35.2. The van der Waals surface area contributed by atoms with Gasteiger partial charge < -0.3 is 24.1 Å². The number of pyridine rings is 1. The molecule has 0 unspecified atom stereocenters.